The van der Waals surface area contributed by atoms with Crippen LogP contribution in [0, 0.1) is 5.92 Å². The van der Waals surface area contributed by atoms with Crippen LogP contribution in [0.1, 0.15) is 32.3 Å². The Bertz CT molecular complexity index is 770. The van der Waals surface area contributed by atoms with Crippen LogP contribution in [0.15, 0.2) is 48.5 Å². The average molecular weight is 371 g/mol. The third kappa shape index (κ3) is 6.66. The standard InChI is InChI=1S/C21H25NO5/c1-14(2)12-26-18-5-4-6-19(11-18)27-13-20(23)22-17-9-7-16(8-10-17)15(3)21(24)25/h4-11,14-15H,12-13H2,1-3H3,(H,22,23)(H,24,25). The number of nitrogens with one attached hydrogen (secondary N) is 1. The van der Waals surface area contributed by atoms with E-state index in [9.17, 15) is 9.59 Å². The maximum absolute atomic E-state index is 12.1. The number of ether oxygens (including phenoxy) is 2. The third-order valence-electron chi connectivity index (χ3n) is 3.82. The van der Waals surface area contributed by atoms with Crippen LogP contribution in [0.3, 0.4) is 0 Å². The Morgan fingerprint density at radius 2 is 1.63 bits per heavy atom. The lowest BCUT2D eigenvalue weighted by Crippen LogP contribution is -2.20. The average Bonchev–Trinajstić information content (AvgIpc) is 2.65. The van der Waals surface area contributed by atoms with E-state index in [1.54, 1.807) is 43.3 Å². The van der Waals surface area contributed by atoms with Crippen molar-refractivity contribution in [1.82, 2.24) is 0 Å². The summed E-state index contributed by atoms with van der Waals surface area (Å²) in [5.41, 5.74) is 1.26. The highest BCUT2D eigenvalue weighted by atomic mass is 16.5. The molecule has 0 spiro atoms. The van der Waals surface area contributed by atoms with E-state index in [0.717, 1.165) is 0 Å². The number of carboxylic acids is 1. The molecule has 0 aromatic heterocycles. The summed E-state index contributed by atoms with van der Waals surface area (Å²) in [4.78, 5) is 23.0. The van der Waals surface area contributed by atoms with E-state index in [4.69, 9.17) is 14.6 Å². The summed E-state index contributed by atoms with van der Waals surface area (Å²) >= 11 is 0. The van der Waals surface area contributed by atoms with E-state index in [2.05, 4.69) is 19.2 Å². The number of anilines is 1. The van der Waals surface area contributed by atoms with Gasteiger partial charge < -0.3 is 19.9 Å². The van der Waals surface area contributed by atoms with E-state index in [1.165, 1.54) is 0 Å². The van der Waals surface area contributed by atoms with Crippen molar-refractivity contribution in [3.8, 4) is 11.5 Å². The molecule has 2 aromatic carbocycles. The topological polar surface area (TPSA) is 84.9 Å². The fourth-order valence-electron chi connectivity index (χ4n) is 2.26. The first-order valence-corrected chi connectivity index (χ1v) is 8.83. The SMILES string of the molecule is CC(C)COc1cccc(OCC(=O)Nc2ccc(C(C)C(=O)O)cc2)c1. The maximum Gasteiger partial charge on any atom is 0.310 e. The number of carbonyl (C=O) groups is 2. The van der Waals surface area contributed by atoms with E-state index in [-0.39, 0.29) is 12.5 Å². The summed E-state index contributed by atoms with van der Waals surface area (Å²) in [6.45, 7) is 6.23. The van der Waals surface area contributed by atoms with Crippen molar-refractivity contribution in [2.24, 2.45) is 5.92 Å². The predicted molar refractivity (Wildman–Crippen MR) is 103 cm³/mol. The number of rotatable bonds is 9. The molecule has 6 heteroatoms. The van der Waals surface area contributed by atoms with Crippen LogP contribution in [0.4, 0.5) is 5.69 Å². The van der Waals surface area contributed by atoms with Crippen LogP contribution in [0.25, 0.3) is 0 Å². The first kappa shape index (κ1) is 20.3. The Hall–Kier alpha value is -3.02. The summed E-state index contributed by atoms with van der Waals surface area (Å²) < 4.78 is 11.1. The molecule has 0 saturated heterocycles. The Morgan fingerprint density at radius 1 is 1.00 bits per heavy atom. The monoisotopic (exact) mass is 371 g/mol. The zero-order valence-electron chi connectivity index (χ0n) is 15.8. The molecule has 0 radical (unpaired) electrons. The molecular weight excluding hydrogens is 346 g/mol. The molecule has 1 unspecified atom stereocenters. The predicted octanol–water partition coefficient (Wildman–Crippen LogP) is 3.93. The van der Waals surface area contributed by atoms with Crippen molar-refractivity contribution >= 4 is 17.6 Å². The number of benzene rings is 2. The Morgan fingerprint density at radius 3 is 2.22 bits per heavy atom. The van der Waals surface area contributed by atoms with Gasteiger partial charge in [0.15, 0.2) is 6.61 Å². The summed E-state index contributed by atoms with van der Waals surface area (Å²) in [7, 11) is 0. The molecule has 1 amide bonds. The lowest BCUT2D eigenvalue weighted by molar-refractivity contribution is -0.138. The number of amides is 1. The van der Waals surface area contributed by atoms with Crippen molar-refractivity contribution in [2.45, 2.75) is 26.7 Å². The van der Waals surface area contributed by atoms with Crippen LogP contribution in [0.5, 0.6) is 11.5 Å². The Kier molecular flexibility index (Phi) is 7.23. The van der Waals surface area contributed by atoms with Crippen LogP contribution in [-0.4, -0.2) is 30.2 Å². The van der Waals surface area contributed by atoms with Crippen molar-refractivity contribution < 1.29 is 24.2 Å². The lowest BCUT2D eigenvalue weighted by Gasteiger charge is -2.11. The van der Waals surface area contributed by atoms with Crippen molar-refractivity contribution in [1.29, 1.82) is 0 Å². The summed E-state index contributed by atoms with van der Waals surface area (Å²) in [5, 5.41) is 11.7. The minimum absolute atomic E-state index is 0.138. The van der Waals surface area contributed by atoms with Crippen molar-refractivity contribution in [2.75, 3.05) is 18.5 Å². The molecule has 0 aliphatic carbocycles. The number of carbonyl (C=O) groups excluding carboxylic acids is 1. The summed E-state index contributed by atoms with van der Waals surface area (Å²) in [6, 6.07) is 13.9. The molecular formula is C21H25NO5. The zero-order valence-corrected chi connectivity index (χ0v) is 15.8. The van der Waals surface area contributed by atoms with Gasteiger partial charge in [0.05, 0.1) is 12.5 Å². The molecule has 2 N–H and O–H groups in total. The van der Waals surface area contributed by atoms with Gasteiger partial charge in [-0.3, -0.25) is 9.59 Å². The normalized spacial score (nSPS) is 11.7. The van der Waals surface area contributed by atoms with Gasteiger partial charge in [-0.05, 0) is 42.7 Å². The molecule has 2 aromatic rings. The molecule has 144 valence electrons. The fraction of sp³-hybridized carbons (Fsp3) is 0.333. The Labute approximate surface area is 159 Å². The van der Waals surface area contributed by atoms with Crippen molar-refractivity contribution in [3.05, 3.63) is 54.1 Å². The minimum Gasteiger partial charge on any atom is -0.493 e. The van der Waals surface area contributed by atoms with Gasteiger partial charge in [0, 0.05) is 11.8 Å². The van der Waals surface area contributed by atoms with E-state index in [0.29, 0.717) is 35.3 Å². The quantitative estimate of drug-likeness (QED) is 0.698. The number of aliphatic carboxylic acids is 1. The van der Waals surface area contributed by atoms with Gasteiger partial charge in [0.25, 0.3) is 5.91 Å². The molecule has 2 rings (SSSR count). The molecule has 27 heavy (non-hydrogen) atoms. The molecule has 1 atom stereocenters. The number of hydrogen-bond acceptors (Lipinski definition) is 4. The van der Waals surface area contributed by atoms with Crippen LogP contribution in [0.2, 0.25) is 0 Å². The van der Waals surface area contributed by atoms with Gasteiger partial charge in [-0.15, -0.1) is 0 Å². The van der Waals surface area contributed by atoms with E-state index < -0.39 is 11.9 Å². The third-order valence-corrected chi connectivity index (χ3v) is 3.82. The van der Waals surface area contributed by atoms with Gasteiger partial charge in [-0.2, -0.15) is 0 Å². The van der Waals surface area contributed by atoms with Gasteiger partial charge in [0.2, 0.25) is 0 Å². The first-order chi connectivity index (χ1) is 12.8. The highest BCUT2D eigenvalue weighted by Crippen LogP contribution is 2.21. The molecule has 0 aliphatic heterocycles. The van der Waals surface area contributed by atoms with E-state index in [1.807, 2.05) is 12.1 Å². The van der Waals surface area contributed by atoms with Gasteiger partial charge in [-0.25, -0.2) is 0 Å². The molecule has 0 heterocycles. The number of hydrogen-bond donors (Lipinski definition) is 2. The Balaban J connectivity index is 1.85. The molecule has 0 saturated carbocycles. The van der Waals surface area contributed by atoms with Gasteiger partial charge >= 0.3 is 5.97 Å². The fourth-order valence-corrected chi connectivity index (χ4v) is 2.26. The van der Waals surface area contributed by atoms with Crippen LogP contribution < -0.4 is 14.8 Å². The highest BCUT2D eigenvalue weighted by Gasteiger charge is 2.13. The maximum atomic E-state index is 12.1. The second kappa shape index (κ2) is 9.62. The summed E-state index contributed by atoms with van der Waals surface area (Å²) in [5.74, 6) is -0.113. The lowest BCUT2D eigenvalue weighted by atomic mass is 10.0. The minimum atomic E-state index is -0.889. The largest absolute Gasteiger partial charge is 0.493 e. The zero-order chi connectivity index (χ0) is 19.8. The molecule has 0 bridgehead atoms. The molecule has 0 aliphatic rings. The smallest absolute Gasteiger partial charge is 0.310 e. The van der Waals surface area contributed by atoms with Crippen LogP contribution in [-0.2, 0) is 9.59 Å². The summed E-state index contributed by atoms with van der Waals surface area (Å²) in [6.07, 6.45) is 0. The van der Waals surface area contributed by atoms with Gasteiger partial charge in [-0.1, -0.05) is 32.0 Å². The molecule has 6 nitrogen and oxygen atoms in total. The second-order valence-corrected chi connectivity index (χ2v) is 6.70. The second-order valence-electron chi connectivity index (χ2n) is 6.70. The van der Waals surface area contributed by atoms with E-state index >= 15 is 0 Å². The van der Waals surface area contributed by atoms with Gasteiger partial charge in [0.1, 0.15) is 11.5 Å². The first-order valence-electron chi connectivity index (χ1n) is 8.83. The van der Waals surface area contributed by atoms with Crippen molar-refractivity contribution in [3.63, 3.8) is 0 Å². The van der Waals surface area contributed by atoms with Crippen LogP contribution >= 0.6 is 0 Å². The number of carboxylic acid groups (broad SMARTS) is 1. The highest BCUT2D eigenvalue weighted by molar-refractivity contribution is 5.92. The molecule has 0 fully saturated rings.